The van der Waals surface area contributed by atoms with E-state index in [0.717, 1.165) is 0 Å². The van der Waals surface area contributed by atoms with Gasteiger partial charge in [-0.3, -0.25) is 14.4 Å². The van der Waals surface area contributed by atoms with E-state index in [1.165, 1.54) is 25.3 Å². The molecule has 2 aromatic rings. The zero-order valence-corrected chi connectivity index (χ0v) is 15.6. The number of hydrogen-bond acceptors (Lipinski definition) is 5. The lowest BCUT2D eigenvalue weighted by atomic mass is 10.1. The van der Waals surface area contributed by atoms with E-state index in [0.29, 0.717) is 5.56 Å². The van der Waals surface area contributed by atoms with Gasteiger partial charge < -0.3 is 15.4 Å². The van der Waals surface area contributed by atoms with Crippen LogP contribution < -0.4 is 15.4 Å². The highest BCUT2D eigenvalue weighted by atomic mass is 19.1. The Kier molecular flexibility index (Phi) is 6.28. The average molecular weight is 398 g/mol. The van der Waals surface area contributed by atoms with Gasteiger partial charge in [-0.15, -0.1) is 0 Å². The van der Waals surface area contributed by atoms with E-state index in [2.05, 4.69) is 20.6 Å². The topological polar surface area (TPSA) is 110 Å². The van der Waals surface area contributed by atoms with Gasteiger partial charge in [-0.25, -0.2) is 9.37 Å². The number of pyridine rings is 1. The molecule has 3 rings (SSSR count). The fourth-order valence-electron chi connectivity index (χ4n) is 2.57. The van der Waals surface area contributed by atoms with E-state index >= 15 is 0 Å². The lowest BCUT2D eigenvalue weighted by Crippen LogP contribution is -2.43. The molecule has 9 heteroatoms. The number of carbonyl (C=O) groups is 3. The molecule has 1 aromatic heterocycles. The molecule has 150 valence electrons. The highest BCUT2D eigenvalue weighted by molar-refractivity contribution is 6.15. The van der Waals surface area contributed by atoms with Crippen molar-refractivity contribution in [1.82, 2.24) is 15.6 Å². The minimum Gasteiger partial charge on any atom is -0.472 e. The van der Waals surface area contributed by atoms with Crippen LogP contribution in [0.4, 0.5) is 4.39 Å². The predicted octanol–water partition coefficient (Wildman–Crippen LogP) is 1.61. The maximum absolute atomic E-state index is 13.7. The van der Waals surface area contributed by atoms with Gasteiger partial charge in [-0.05, 0) is 25.1 Å². The molecule has 0 saturated heterocycles. The van der Waals surface area contributed by atoms with Gasteiger partial charge in [0.25, 0.3) is 11.8 Å². The summed E-state index contributed by atoms with van der Waals surface area (Å²) in [6, 6.07) is 9.28. The van der Waals surface area contributed by atoms with Crippen molar-refractivity contribution in [1.29, 1.82) is 0 Å². The molecule has 0 aliphatic carbocycles. The number of benzene rings is 1. The monoisotopic (exact) mass is 398 g/mol. The van der Waals surface area contributed by atoms with Gasteiger partial charge >= 0.3 is 0 Å². The van der Waals surface area contributed by atoms with Gasteiger partial charge in [-0.2, -0.15) is 4.99 Å². The van der Waals surface area contributed by atoms with Crippen molar-refractivity contribution >= 4 is 23.6 Å². The van der Waals surface area contributed by atoms with Crippen LogP contribution in [0.5, 0.6) is 5.88 Å². The first kappa shape index (κ1) is 20.1. The average Bonchev–Trinajstić information content (AvgIpc) is 2.71. The van der Waals surface area contributed by atoms with Crippen LogP contribution in [0.1, 0.15) is 29.3 Å². The summed E-state index contributed by atoms with van der Waals surface area (Å²) >= 11 is 0. The lowest BCUT2D eigenvalue weighted by molar-refractivity contribution is -0.132. The number of nitrogens with one attached hydrogen (secondary N) is 2. The van der Waals surface area contributed by atoms with Crippen molar-refractivity contribution in [3.05, 3.63) is 59.5 Å². The number of ether oxygens (including phenoxy) is 1. The molecular formula is C20H19FN4O4. The first-order valence-corrected chi connectivity index (χ1v) is 8.97. The van der Waals surface area contributed by atoms with E-state index in [4.69, 9.17) is 4.74 Å². The van der Waals surface area contributed by atoms with Crippen LogP contribution in [0.15, 0.2) is 47.6 Å². The Bertz CT molecular complexity index is 976. The first-order chi connectivity index (χ1) is 14.0. The van der Waals surface area contributed by atoms with Crippen LogP contribution in [-0.2, 0) is 16.2 Å². The molecular weight excluding hydrogens is 379 g/mol. The molecule has 0 radical (unpaired) electrons. The third kappa shape index (κ3) is 5.01. The molecule has 1 atom stereocenters. The first-order valence-electron chi connectivity index (χ1n) is 8.97. The zero-order chi connectivity index (χ0) is 20.8. The van der Waals surface area contributed by atoms with Gasteiger partial charge in [0, 0.05) is 24.7 Å². The molecule has 1 aliphatic rings. The minimum absolute atomic E-state index is 0.0700. The van der Waals surface area contributed by atoms with Crippen molar-refractivity contribution in [2.75, 3.05) is 6.54 Å². The van der Waals surface area contributed by atoms with Crippen LogP contribution in [0.2, 0.25) is 0 Å². The largest absolute Gasteiger partial charge is 0.472 e. The molecule has 0 saturated carbocycles. The number of aliphatic imine (C=N–C) groups is 1. The SMILES string of the molecule is CC1C(=O)N=C(CCNC(=O)c2cccnc2OCc2ccccc2F)NC1=O. The highest BCUT2D eigenvalue weighted by Crippen LogP contribution is 2.17. The molecule has 29 heavy (non-hydrogen) atoms. The molecule has 0 bridgehead atoms. The summed E-state index contributed by atoms with van der Waals surface area (Å²) in [5.74, 6) is -2.31. The maximum atomic E-state index is 13.7. The quantitative estimate of drug-likeness (QED) is 0.689. The second kappa shape index (κ2) is 9.05. The minimum atomic E-state index is -0.808. The van der Waals surface area contributed by atoms with Crippen molar-refractivity contribution in [3.8, 4) is 5.88 Å². The third-order valence-corrected chi connectivity index (χ3v) is 4.26. The van der Waals surface area contributed by atoms with E-state index in [1.807, 2.05) is 0 Å². The molecule has 0 spiro atoms. The van der Waals surface area contributed by atoms with Crippen molar-refractivity contribution in [3.63, 3.8) is 0 Å². The second-order valence-electron chi connectivity index (χ2n) is 6.35. The highest BCUT2D eigenvalue weighted by Gasteiger charge is 2.27. The van der Waals surface area contributed by atoms with Crippen LogP contribution in [0, 0.1) is 11.7 Å². The summed E-state index contributed by atoms with van der Waals surface area (Å²) in [4.78, 5) is 43.5. The third-order valence-electron chi connectivity index (χ3n) is 4.26. The predicted molar refractivity (Wildman–Crippen MR) is 102 cm³/mol. The Morgan fingerprint density at radius 2 is 2.03 bits per heavy atom. The van der Waals surface area contributed by atoms with E-state index in [-0.39, 0.29) is 36.9 Å². The summed E-state index contributed by atoms with van der Waals surface area (Å²) in [5, 5.41) is 5.19. The summed E-state index contributed by atoms with van der Waals surface area (Å²) in [5.41, 5.74) is 0.526. The van der Waals surface area contributed by atoms with E-state index in [1.54, 1.807) is 24.3 Å². The number of amides is 3. The van der Waals surface area contributed by atoms with E-state index < -0.39 is 29.5 Å². The van der Waals surface area contributed by atoms with Gasteiger partial charge in [0.05, 0.1) is 0 Å². The Hall–Kier alpha value is -3.62. The van der Waals surface area contributed by atoms with Crippen LogP contribution in [0.3, 0.4) is 0 Å². The normalized spacial score (nSPS) is 16.1. The maximum Gasteiger partial charge on any atom is 0.259 e. The number of aromatic nitrogens is 1. The van der Waals surface area contributed by atoms with Gasteiger partial charge in [0.15, 0.2) is 0 Å². The number of halogens is 1. The van der Waals surface area contributed by atoms with Gasteiger partial charge in [0.1, 0.15) is 29.7 Å². The number of amidine groups is 1. The smallest absolute Gasteiger partial charge is 0.259 e. The Balaban J connectivity index is 1.59. The molecule has 2 heterocycles. The fourth-order valence-corrected chi connectivity index (χ4v) is 2.57. The van der Waals surface area contributed by atoms with Gasteiger partial charge in [-0.1, -0.05) is 18.2 Å². The molecule has 1 unspecified atom stereocenters. The summed E-state index contributed by atoms with van der Waals surface area (Å²) in [6.07, 6.45) is 1.65. The summed E-state index contributed by atoms with van der Waals surface area (Å²) in [7, 11) is 0. The molecule has 0 fully saturated rings. The molecule has 3 amide bonds. The van der Waals surface area contributed by atoms with Crippen molar-refractivity contribution in [2.24, 2.45) is 10.9 Å². The Morgan fingerprint density at radius 1 is 1.24 bits per heavy atom. The van der Waals surface area contributed by atoms with Crippen LogP contribution in [0.25, 0.3) is 0 Å². The second-order valence-corrected chi connectivity index (χ2v) is 6.35. The number of carbonyl (C=O) groups excluding carboxylic acids is 3. The number of nitrogens with zero attached hydrogens (tertiary/aromatic N) is 2. The zero-order valence-electron chi connectivity index (χ0n) is 15.6. The van der Waals surface area contributed by atoms with E-state index in [9.17, 15) is 18.8 Å². The Labute approximate surface area is 166 Å². The van der Waals surface area contributed by atoms with Gasteiger partial charge in [0.2, 0.25) is 11.8 Å². The number of rotatable bonds is 7. The number of hydrogen-bond donors (Lipinski definition) is 2. The molecule has 8 nitrogen and oxygen atoms in total. The fraction of sp³-hybridized carbons (Fsp3) is 0.250. The Morgan fingerprint density at radius 3 is 2.79 bits per heavy atom. The standard InChI is InChI=1S/C20H19FN4O4/c1-12-17(26)24-16(25-18(12)27)8-10-22-19(28)14-6-4-9-23-20(14)29-11-13-5-2-3-7-15(13)21/h2-7,9,12H,8,10-11H2,1H3,(H,22,28)(H,24,25,26,27). The van der Waals surface area contributed by atoms with Crippen LogP contribution >= 0.6 is 0 Å². The summed E-state index contributed by atoms with van der Waals surface area (Å²) in [6.45, 7) is 1.54. The van der Waals surface area contributed by atoms with Crippen LogP contribution in [-0.4, -0.2) is 35.1 Å². The molecule has 1 aliphatic heterocycles. The molecule has 2 N–H and O–H groups in total. The van der Waals surface area contributed by atoms with Crippen molar-refractivity contribution < 1.29 is 23.5 Å². The van der Waals surface area contributed by atoms with Crippen molar-refractivity contribution in [2.45, 2.75) is 20.0 Å². The lowest BCUT2D eigenvalue weighted by Gasteiger charge is -2.17. The molecule has 1 aromatic carbocycles. The summed E-state index contributed by atoms with van der Waals surface area (Å²) < 4.78 is 19.3.